The number of carbonyl (C=O) groups excluding carboxylic acids is 1. The molecule has 2 aromatic carbocycles. The summed E-state index contributed by atoms with van der Waals surface area (Å²) >= 11 is 0. The minimum absolute atomic E-state index is 0.0714. The summed E-state index contributed by atoms with van der Waals surface area (Å²) in [5.41, 5.74) is 5.87. The molecule has 0 aromatic heterocycles. The number of amides is 1. The quantitative estimate of drug-likeness (QED) is 0.752. The van der Waals surface area contributed by atoms with Gasteiger partial charge in [-0.1, -0.05) is 51.1 Å². The molecule has 1 amide bonds. The van der Waals surface area contributed by atoms with Gasteiger partial charge in [0, 0.05) is 0 Å². The third-order valence-corrected chi connectivity index (χ3v) is 5.07. The lowest BCUT2D eigenvalue weighted by Crippen LogP contribution is -2.37. The van der Waals surface area contributed by atoms with Gasteiger partial charge in [0.25, 0.3) is 5.91 Å². The monoisotopic (exact) mass is 367 g/mol. The highest BCUT2D eigenvalue weighted by Crippen LogP contribution is 2.25. The van der Waals surface area contributed by atoms with Crippen LogP contribution >= 0.6 is 0 Å². The molecule has 0 fully saturated rings. The zero-order valence-corrected chi connectivity index (χ0v) is 17.9. The lowest BCUT2D eigenvalue weighted by molar-refractivity contribution is -0.127. The van der Waals surface area contributed by atoms with E-state index < -0.39 is 6.10 Å². The van der Waals surface area contributed by atoms with E-state index in [1.165, 1.54) is 11.1 Å². The average Bonchev–Trinajstić information content (AvgIpc) is 2.58. The molecule has 0 spiro atoms. The van der Waals surface area contributed by atoms with Crippen molar-refractivity contribution >= 4 is 5.91 Å². The van der Waals surface area contributed by atoms with Crippen molar-refractivity contribution < 1.29 is 9.53 Å². The number of hydrogen-bond acceptors (Lipinski definition) is 2. The van der Waals surface area contributed by atoms with Crippen molar-refractivity contribution in [1.29, 1.82) is 0 Å². The fraction of sp³-hybridized carbons (Fsp3) is 0.458. The molecular formula is C24H33NO2. The van der Waals surface area contributed by atoms with Crippen molar-refractivity contribution in [2.24, 2.45) is 0 Å². The van der Waals surface area contributed by atoms with Gasteiger partial charge in [-0.3, -0.25) is 4.79 Å². The summed E-state index contributed by atoms with van der Waals surface area (Å²) < 4.78 is 5.96. The van der Waals surface area contributed by atoms with E-state index in [1.807, 2.05) is 26.8 Å². The van der Waals surface area contributed by atoms with Crippen LogP contribution in [0.1, 0.15) is 68.5 Å². The summed E-state index contributed by atoms with van der Waals surface area (Å²) in [5.74, 6) is 0.665. The van der Waals surface area contributed by atoms with Gasteiger partial charge in [-0.2, -0.15) is 0 Å². The van der Waals surface area contributed by atoms with Gasteiger partial charge in [0.05, 0.1) is 6.04 Å². The Bertz CT molecular complexity index is 800. The molecule has 0 aliphatic carbocycles. The van der Waals surface area contributed by atoms with Crippen molar-refractivity contribution in [3.8, 4) is 5.75 Å². The van der Waals surface area contributed by atoms with Gasteiger partial charge >= 0.3 is 0 Å². The minimum Gasteiger partial charge on any atom is -0.481 e. The van der Waals surface area contributed by atoms with Crippen LogP contribution in [-0.2, 0) is 10.2 Å². The molecular weight excluding hydrogens is 334 g/mol. The van der Waals surface area contributed by atoms with Gasteiger partial charge in [0.1, 0.15) is 5.75 Å². The van der Waals surface area contributed by atoms with E-state index in [2.05, 4.69) is 63.3 Å². The number of ether oxygens (including phenoxy) is 1. The highest BCUT2D eigenvalue weighted by molar-refractivity contribution is 5.81. The van der Waals surface area contributed by atoms with Crippen LogP contribution in [0.25, 0.3) is 0 Å². The Labute approximate surface area is 164 Å². The molecule has 2 aromatic rings. The number of aryl methyl sites for hydroxylation is 2. The molecule has 146 valence electrons. The molecule has 2 atom stereocenters. The second-order valence-corrected chi connectivity index (χ2v) is 8.57. The SMILES string of the molecule is Cc1cc(C)c(C)c(O[C@H](C)C(=O)N[C@H](C)c2ccc(C(C)(C)C)cc2)c1. The lowest BCUT2D eigenvalue weighted by atomic mass is 9.86. The Morgan fingerprint density at radius 2 is 1.59 bits per heavy atom. The van der Waals surface area contributed by atoms with E-state index in [-0.39, 0.29) is 17.4 Å². The van der Waals surface area contributed by atoms with Gasteiger partial charge in [-0.05, 0) is 73.9 Å². The summed E-state index contributed by atoms with van der Waals surface area (Å²) in [5, 5.41) is 3.06. The molecule has 0 aliphatic rings. The molecule has 0 saturated heterocycles. The molecule has 0 aliphatic heterocycles. The van der Waals surface area contributed by atoms with Gasteiger partial charge < -0.3 is 10.1 Å². The van der Waals surface area contributed by atoms with Crippen LogP contribution in [0.15, 0.2) is 36.4 Å². The van der Waals surface area contributed by atoms with E-state index in [0.29, 0.717) is 0 Å². The first-order valence-corrected chi connectivity index (χ1v) is 9.64. The van der Waals surface area contributed by atoms with Gasteiger partial charge in [0.2, 0.25) is 0 Å². The van der Waals surface area contributed by atoms with Crippen LogP contribution in [0.3, 0.4) is 0 Å². The van der Waals surface area contributed by atoms with Crippen molar-refractivity contribution in [1.82, 2.24) is 5.32 Å². The smallest absolute Gasteiger partial charge is 0.261 e. The van der Waals surface area contributed by atoms with Crippen LogP contribution in [0.4, 0.5) is 0 Å². The maximum atomic E-state index is 12.6. The maximum Gasteiger partial charge on any atom is 0.261 e. The molecule has 0 radical (unpaired) electrons. The zero-order chi connectivity index (χ0) is 20.4. The van der Waals surface area contributed by atoms with E-state index in [9.17, 15) is 4.79 Å². The fourth-order valence-corrected chi connectivity index (χ4v) is 3.05. The molecule has 0 bridgehead atoms. The molecule has 27 heavy (non-hydrogen) atoms. The molecule has 3 heteroatoms. The third kappa shape index (κ3) is 5.35. The van der Waals surface area contributed by atoms with Crippen molar-refractivity contribution in [2.75, 3.05) is 0 Å². The van der Waals surface area contributed by atoms with Crippen LogP contribution < -0.4 is 10.1 Å². The largest absolute Gasteiger partial charge is 0.481 e. The molecule has 1 N–H and O–H groups in total. The first kappa shape index (κ1) is 21.0. The molecule has 0 heterocycles. The van der Waals surface area contributed by atoms with Gasteiger partial charge in [-0.25, -0.2) is 0 Å². The van der Waals surface area contributed by atoms with Crippen molar-refractivity contribution in [3.05, 3.63) is 64.2 Å². The molecule has 0 saturated carbocycles. The van der Waals surface area contributed by atoms with Crippen LogP contribution in [-0.4, -0.2) is 12.0 Å². The predicted molar refractivity (Wildman–Crippen MR) is 112 cm³/mol. The Morgan fingerprint density at radius 3 is 2.15 bits per heavy atom. The summed E-state index contributed by atoms with van der Waals surface area (Å²) in [7, 11) is 0. The Balaban J connectivity index is 2.03. The number of hydrogen-bond donors (Lipinski definition) is 1. The summed E-state index contributed by atoms with van der Waals surface area (Å²) in [4.78, 5) is 12.6. The fourth-order valence-electron chi connectivity index (χ4n) is 3.05. The second-order valence-electron chi connectivity index (χ2n) is 8.57. The highest BCUT2D eigenvalue weighted by Gasteiger charge is 2.20. The first-order chi connectivity index (χ1) is 12.5. The molecule has 3 nitrogen and oxygen atoms in total. The van der Waals surface area contributed by atoms with E-state index in [4.69, 9.17) is 4.74 Å². The van der Waals surface area contributed by atoms with Crippen LogP contribution in [0, 0.1) is 20.8 Å². The Hall–Kier alpha value is -2.29. The van der Waals surface area contributed by atoms with Crippen LogP contribution in [0.2, 0.25) is 0 Å². The zero-order valence-electron chi connectivity index (χ0n) is 17.9. The van der Waals surface area contributed by atoms with E-state index in [1.54, 1.807) is 6.92 Å². The standard InChI is InChI=1S/C24H33NO2/c1-15-13-16(2)17(3)22(14-15)27-19(5)23(26)25-18(4)20-9-11-21(12-10-20)24(6,7)8/h9-14,18-19H,1-8H3,(H,25,26)/t18-,19-/m1/s1. The Morgan fingerprint density at radius 1 is 1.00 bits per heavy atom. The molecule has 2 rings (SSSR count). The van der Waals surface area contributed by atoms with Crippen molar-refractivity contribution in [2.45, 2.75) is 73.0 Å². The van der Waals surface area contributed by atoms with E-state index in [0.717, 1.165) is 22.4 Å². The minimum atomic E-state index is -0.554. The number of benzene rings is 2. The van der Waals surface area contributed by atoms with Gasteiger partial charge in [0.15, 0.2) is 6.10 Å². The molecule has 0 unspecified atom stereocenters. The maximum absolute atomic E-state index is 12.6. The summed E-state index contributed by atoms with van der Waals surface area (Å²) in [6.07, 6.45) is -0.554. The van der Waals surface area contributed by atoms with Crippen molar-refractivity contribution in [3.63, 3.8) is 0 Å². The lowest BCUT2D eigenvalue weighted by Gasteiger charge is -2.22. The normalized spacial score (nSPS) is 13.8. The third-order valence-electron chi connectivity index (χ3n) is 5.07. The average molecular weight is 368 g/mol. The van der Waals surface area contributed by atoms with Crippen LogP contribution in [0.5, 0.6) is 5.75 Å². The number of nitrogens with one attached hydrogen (secondary N) is 1. The second kappa shape index (κ2) is 8.16. The highest BCUT2D eigenvalue weighted by atomic mass is 16.5. The number of rotatable bonds is 5. The van der Waals surface area contributed by atoms with E-state index >= 15 is 0 Å². The summed E-state index contributed by atoms with van der Waals surface area (Å²) in [6, 6.07) is 12.5. The summed E-state index contributed by atoms with van der Waals surface area (Å²) in [6.45, 7) is 16.5. The first-order valence-electron chi connectivity index (χ1n) is 9.64. The Kier molecular flexibility index (Phi) is 6.35. The topological polar surface area (TPSA) is 38.3 Å². The number of carbonyl (C=O) groups is 1. The predicted octanol–water partition coefficient (Wildman–Crippen LogP) is 5.55. The van der Waals surface area contributed by atoms with Gasteiger partial charge in [-0.15, -0.1) is 0 Å².